The summed E-state index contributed by atoms with van der Waals surface area (Å²) in [7, 11) is 0. The second kappa shape index (κ2) is 13.5. The van der Waals surface area contributed by atoms with Gasteiger partial charge < -0.3 is 13.6 Å². The second-order valence-electron chi connectivity index (χ2n) is 15.8. The van der Waals surface area contributed by atoms with E-state index in [1.54, 1.807) is 0 Å². The van der Waals surface area contributed by atoms with Gasteiger partial charge in [0, 0.05) is 49.3 Å². The fourth-order valence-corrected chi connectivity index (χ4v) is 9.69. The molecule has 0 atom stereocenters. The number of nitrogens with zero attached hydrogens (tertiary/aromatic N) is 5. The number of hydrogen-bond donors (Lipinski definition) is 0. The van der Waals surface area contributed by atoms with E-state index < -0.39 is 0 Å². The number of benzene rings is 9. The topological polar surface area (TPSA) is 53.7 Å². The first kappa shape index (κ1) is 34.4. The second-order valence-corrected chi connectivity index (χ2v) is 15.8. The van der Waals surface area contributed by atoms with E-state index in [1.165, 1.54) is 21.5 Å². The molecule has 6 heteroatoms. The van der Waals surface area contributed by atoms with Gasteiger partial charge in [-0.25, -0.2) is 0 Å². The van der Waals surface area contributed by atoms with Crippen LogP contribution in [0.25, 0.3) is 117 Å². The molecule has 0 aliphatic carbocycles. The average molecular weight is 794 g/mol. The first-order valence-corrected chi connectivity index (χ1v) is 20.9. The number of para-hydroxylation sites is 4. The lowest BCUT2D eigenvalue weighted by Gasteiger charge is -2.16. The molecule has 0 radical (unpaired) electrons. The molecule has 62 heavy (non-hydrogen) atoms. The molecule has 0 amide bonds. The van der Waals surface area contributed by atoms with Crippen molar-refractivity contribution in [1.82, 2.24) is 23.9 Å². The van der Waals surface area contributed by atoms with Gasteiger partial charge in [0.05, 0.1) is 38.8 Å². The minimum atomic E-state index is 0.787. The molecule has 290 valence electrons. The molecule has 4 heterocycles. The Morgan fingerprint density at radius 3 is 1.66 bits per heavy atom. The summed E-state index contributed by atoms with van der Waals surface area (Å²) >= 11 is 0. The van der Waals surface area contributed by atoms with E-state index in [1.807, 2.05) is 42.5 Å². The molecule has 9 aromatic carbocycles. The molecule has 0 aliphatic heterocycles. The fraction of sp³-hybridized carbons (Fsp3) is 0. The maximum absolute atomic E-state index is 6.43. The van der Waals surface area contributed by atoms with Crippen LogP contribution in [0.1, 0.15) is 0 Å². The maximum atomic E-state index is 6.43. The SMILES string of the molecule is c1ccc(-c2nnc(-c3ccccc3)n2-c2ccc3c4ccccc4n(-c4ccccc4-c4cccc(-n5c6ccccc6c6ccc7oc8ccccc8c7c65)c4)c3c2)cc1. The largest absolute Gasteiger partial charge is 0.456 e. The number of furan rings is 1. The summed E-state index contributed by atoms with van der Waals surface area (Å²) < 4.78 is 13.5. The average Bonchev–Trinajstić information content (AvgIpc) is 4.11. The summed E-state index contributed by atoms with van der Waals surface area (Å²) in [6, 6.07) is 75.2. The lowest BCUT2D eigenvalue weighted by Crippen LogP contribution is -2.02. The van der Waals surface area contributed by atoms with Crippen LogP contribution in [0, 0.1) is 0 Å². The molecule has 4 aromatic heterocycles. The van der Waals surface area contributed by atoms with Crippen molar-refractivity contribution >= 4 is 65.6 Å². The van der Waals surface area contributed by atoms with Gasteiger partial charge in [-0.05, 0) is 66.2 Å². The highest BCUT2D eigenvalue weighted by molar-refractivity contribution is 6.24. The third-order valence-electron chi connectivity index (χ3n) is 12.4. The van der Waals surface area contributed by atoms with Crippen molar-refractivity contribution in [2.24, 2.45) is 0 Å². The van der Waals surface area contributed by atoms with Gasteiger partial charge in [-0.15, -0.1) is 10.2 Å². The minimum Gasteiger partial charge on any atom is -0.456 e. The number of aromatic nitrogens is 5. The Labute approximate surface area is 355 Å². The molecule has 0 saturated heterocycles. The van der Waals surface area contributed by atoms with Crippen molar-refractivity contribution in [3.63, 3.8) is 0 Å². The van der Waals surface area contributed by atoms with E-state index in [0.29, 0.717) is 0 Å². The van der Waals surface area contributed by atoms with Crippen LogP contribution in [0.2, 0.25) is 0 Å². The zero-order valence-corrected chi connectivity index (χ0v) is 33.4. The Kier molecular flexibility index (Phi) is 7.50. The Balaban J connectivity index is 1.04. The normalized spacial score (nSPS) is 11.9. The van der Waals surface area contributed by atoms with Crippen LogP contribution in [0.5, 0.6) is 0 Å². The van der Waals surface area contributed by atoms with E-state index in [9.17, 15) is 0 Å². The Hall–Kier alpha value is -8.48. The predicted octanol–water partition coefficient (Wildman–Crippen LogP) is 14.4. The first-order chi connectivity index (χ1) is 30.8. The Bertz CT molecular complexity index is 3810. The van der Waals surface area contributed by atoms with Gasteiger partial charge in [-0.3, -0.25) is 4.57 Å². The van der Waals surface area contributed by atoms with Gasteiger partial charge in [0.15, 0.2) is 11.6 Å². The monoisotopic (exact) mass is 793 g/mol. The van der Waals surface area contributed by atoms with Crippen LogP contribution in [-0.4, -0.2) is 23.9 Å². The Morgan fingerprint density at radius 2 is 0.903 bits per heavy atom. The molecule has 13 rings (SSSR count). The van der Waals surface area contributed by atoms with E-state index in [-0.39, 0.29) is 0 Å². The lowest BCUT2D eigenvalue weighted by atomic mass is 10.0. The van der Waals surface area contributed by atoms with Gasteiger partial charge in [-0.1, -0.05) is 152 Å². The van der Waals surface area contributed by atoms with Gasteiger partial charge in [0.2, 0.25) is 0 Å². The number of hydrogen-bond acceptors (Lipinski definition) is 3. The third-order valence-corrected chi connectivity index (χ3v) is 12.4. The third kappa shape index (κ3) is 5.10. The van der Waals surface area contributed by atoms with E-state index in [2.05, 4.69) is 184 Å². The first-order valence-electron chi connectivity index (χ1n) is 20.9. The minimum absolute atomic E-state index is 0.787. The summed E-state index contributed by atoms with van der Waals surface area (Å²) in [6.45, 7) is 0. The van der Waals surface area contributed by atoms with Gasteiger partial charge in [0.1, 0.15) is 11.2 Å². The van der Waals surface area contributed by atoms with Crippen molar-refractivity contribution < 1.29 is 4.42 Å². The molecule has 0 bridgehead atoms. The maximum Gasteiger partial charge on any atom is 0.168 e. The van der Waals surface area contributed by atoms with Crippen LogP contribution in [0.3, 0.4) is 0 Å². The van der Waals surface area contributed by atoms with Crippen molar-refractivity contribution in [3.05, 3.63) is 212 Å². The molecule has 0 saturated carbocycles. The summed E-state index contributed by atoms with van der Waals surface area (Å²) in [5, 5.41) is 16.6. The molecular weight excluding hydrogens is 759 g/mol. The van der Waals surface area contributed by atoms with Gasteiger partial charge >= 0.3 is 0 Å². The van der Waals surface area contributed by atoms with Crippen LogP contribution in [-0.2, 0) is 0 Å². The summed E-state index contributed by atoms with van der Waals surface area (Å²) in [5.41, 5.74) is 13.7. The summed E-state index contributed by atoms with van der Waals surface area (Å²) in [4.78, 5) is 0. The van der Waals surface area contributed by atoms with Crippen LogP contribution in [0.15, 0.2) is 217 Å². The van der Waals surface area contributed by atoms with Crippen LogP contribution < -0.4 is 0 Å². The Morgan fingerprint density at radius 1 is 0.339 bits per heavy atom. The smallest absolute Gasteiger partial charge is 0.168 e. The zero-order chi connectivity index (χ0) is 40.7. The van der Waals surface area contributed by atoms with Gasteiger partial charge in [-0.2, -0.15) is 0 Å². The molecule has 13 aromatic rings. The molecule has 0 spiro atoms. The highest BCUT2D eigenvalue weighted by Gasteiger charge is 2.22. The molecule has 6 nitrogen and oxygen atoms in total. The van der Waals surface area contributed by atoms with Crippen molar-refractivity contribution in [2.45, 2.75) is 0 Å². The molecule has 0 aliphatic rings. The van der Waals surface area contributed by atoms with E-state index in [4.69, 9.17) is 14.6 Å². The zero-order valence-electron chi connectivity index (χ0n) is 33.4. The highest BCUT2D eigenvalue weighted by Crippen LogP contribution is 2.43. The predicted molar refractivity (Wildman–Crippen MR) is 254 cm³/mol. The van der Waals surface area contributed by atoms with Crippen LogP contribution >= 0.6 is 0 Å². The van der Waals surface area contributed by atoms with Gasteiger partial charge in [0.25, 0.3) is 0 Å². The number of rotatable bonds is 6. The molecule has 0 unspecified atom stereocenters. The van der Waals surface area contributed by atoms with E-state index in [0.717, 1.165) is 95.0 Å². The summed E-state index contributed by atoms with van der Waals surface area (Å²) in [5.74, 6) is 1.57. The fourth-order valence-electron chi connectivity index (χ4n) is 9.69. The quantitative estimate of drug-likeness (QED) is 0.168. The standard InChI is InChI=1S/C56H35N5O/c1-3-16-36(17-4-1)55-57-58-56(37-18-5-2-6-19-37)60(55)40-30-31-44-42-23-8-13-28-49(42)61(50(44)35-40)47-26-11-7-22-41(47)38-20-15-21-39(34-38)59-48-27-12-9-24-43(48)45-32-33-52-53(54(45)59)46-25-10-14-29-51(46)62-52/h1-35H. The van der Waals surface area contributed by atoms with Crippen molar-refractivity contribution in [2.75, 3.05) is 0 Å². The van der Waals surface area contributed by atoms with Crippen molar-refractivity contribution in [1.29, 1.82) is 0 Å². The molecular formula is C56H35N5O. The molecule has 0 N–H and O–H groups in total. The molecule has 0 fully saturated rings. The highest BCUT2D eigenvalue weighted by atomic mass is 16.3. The van der Waals surface area contributed by atoms with Crippen molar-refractivity contribution in [3.8, 4) is 51.0 Å². The summed E-state index contributed by atoms with van der Waals surface area (Å²) in [6.07, 6.45) is 0. The lowest BCUT2D eigenvalue weighted by molar-refractivity contribution is 0.669. The van der Waals surface area contributed by atoms with E-state index >= 15 is 0 Å². The van der Waals surface area contributed by atoms with Crippen LogP contribution in [0.4, 0.5) is 0 Å². The number of fused-ring (bicyclic) bond motifs is 10.